The molecule has 7 nitrogen and oxygen atoms in total. The third-order valence-corrected chi connectivity index (χ3v) is 5.24. The van der Waals surface area contributed by atoms with E-state index in [1.807, 2.05) is 66.7 Å². The average molecular weight is 426 g/mol. The molecule has 1 aliphatic rings. The highest BCUT2D eigenvalue weighted by Crippen LogP contribution is 2.24. The van der Waals surface area contributed by atoms with Gasteiger partial charge in [0.1, 0.15) is 5.69 Å². The van der Waals surface area contributed by atoms with Crippen LogP contribution in [-0.2, 0) is 16.0 Å². The predicted octanol–water partition coefficient (Wildman–Crippen LogP) is 3.91. The van der Waals surface area contributed by atoms with Crippen LogP contribution in [0.5, 0.6) is 0 Å². The van der Waals surface area contributed by atoms with Crippen LogP contribution in [0, 0.1) is 0 Å². The fourth-order valence-corrected chi connectivity index (χ4v) is 3.59. The number of hydrogen-bond acceptors (Lipinski definition) is 5. The maximum atomic E-state index is 13.1. The number of rotatable bonds is 6. The quantitative estimate of drug-likeness (QED) is 0.506. The van der Waals surface area contributed by atoms with Crippen LogP contribution >= 0.6 is 0 Å². The number of pyridine rings is 1. The molecule has 0 bridgehead atoms. The van der Waals surface area contributed by atoms with Gasteiger partial charge >= 0.3 is 0 Å². The lowest BCUT2D eigenvalue weighted by Crippen LogP contribution is -2.23. The van der Waals surface area contributed by atoms with Crippen LogP contribution in [0.3, 0.4) is 0 Å². The van der Waals surface area contributed by atoms with Crippen LogP contribution < -0.4 is 5.32 Å². The Kier molecular flexibility index (Phi) is 5.74. The monoisotopic (exact) mass is 426 g/mol. The molecule has 0 aliphatic carbocycles. The normalized spacial score (nSPS) is 13.9. The van der Waals surface area contributed by atoms with Crippen molar-refractivity contribution in [2.75, 3.05) is 13.2 Å². The van der Waals surface area contributed by atoms with Gasteiger partial charge in [0.05, 0.1) is 24.5 Å². The molecule has 3 heterocycles. The van der Waals surface area contributed by atoms with E-state index in [-0.39, 0.29) is 12.2 Å². The van der Waals surface area contributed by atoms with E-state index in [4.69, 9.17) is 9.47 Å². The van der Waals surface area contributed by atoms with Crippen molar-refractivity contribution in [1.29, 1.82) is 0 Å². The molecule has 160 valence electrons. The zero-order chi connectivity index (χ0) is 21.8. The number of aromatic nitrogens is 3. The molecule has 0 spiro atoms. The van der Waals surface area contributed by atoms with Crippen LogP contribution in [0.25, 0.3) is 16.9 Å². The molecule has 2 aromatic carbocycles. The van der Waals surface area contributed by atoms with E-state index in [1.54, 1.807) is 23.3 Å². The molecule has 1 amide bonds. The molecule has 1 saturated heterocycles. The third-order valence-electron chi connectivity index (χ3n) is 5.24. The van der Waals surface area contributed by atoms with Gasteiger partial charge in [-0.3, -0.25) is 9.78 Å². The van der Waals surface area contributed by atoms with Gasteiger partial charge < -0.3 is 14.8 Å². The highest BCUT2D eigenvalue weighted by Gasteiger charge is 2.20. The first-order chi connectivity index (χ1) is 15.8. The minimum Gasteiger partial charge on any atom is -0.348 e. The number of nitrogens with one attached hydrogen (secondary N) is 1. The lowest BCUT2D eigenvalue weighted by Gasteiger charge is -2.10. The smallest absolute Gasteiger partial charge is 0.255 e. The second-order valence-electron chi connectivity index (χ2n) is 7.41. The van der Waals surface area contributed by atoms with Crippen LogP contribution in [0.1, 0.15) is 27.8 Å². The van der Waals surface area contributed by atoms with Crippen LogP contribution in [0.15, 0.2) is 85.3 Å². The molecule has 0 unspecified atom stereocenters. The van der Waals surface area contributed by atoms with E-state index in [1.165, 1.54) is 0 Å². The van der Waals surface area contributed by atoms with Crippen molar-refractivity contribution in [3.05, 3.63) is 102 Å². The summed E-state index contributed by atoms with van der Waals surface area (Å²) in [4.78, 5) is 17.3. The second-order valence-corrected chi connectivity index (χ2v) is 7.41. The molecule has 2 aromatic heterocycles. The van der Waals surface area contributed by atoms with Crippen molar-refractivity contribution in [1.82, 2.24) is 20.1 Å². The maximum Gasteiger partial charge on any atom is 0.255 e. The summed E-state index contributed by atoms with van der Waals surface area (Å²) in [5, 5.41) is 7.67. The number of carbonyl (C=O) groups is 1. The summed E-state index contributed by atoms with van der Waals surface area (Å²) in [5.41, 5.74) is 4.70. The van der Waals surface area contributed by atoms with Gasteiger partial charge in [0.2, 0.25) is 0 Å². The number of benzene rings is 2. The number of hydrogen-bond donors (Lipinski definition) is 1. The van der Waals surface area contributed by atoms with Crippen LogP contribution in [0.4, 0.5) is 0 Å². The van der Waals surface area contributed by atoms with Gasteiger partial charge in [-0.15, -0.1) is 0 Å². The molecule has 1 fully saturated rings. The highest BCUT2D eigenvalue weighted by molar-refractivity contribution is 5.99. The van der Waals surface area contributed by atoms with Crippen LogP contribution in [0.2, 0.25) is 0 Å². The van der Waals surface area contributed by atoms with E-state index < -0.39 is 0 Å². The lowest BCUT2D eigenvalue weighted by atomic mass is 10.1. The Morgan fingerprint density at radius 1 is 1.00 bits per heavy atom. The minimum absolute atomic E-state index is 0.197. The maximum absolute atomic E-state index is 13.1. The van der Waals surface area contributed by atoms with Gasteiger partial charge in [-0.1, -0.05) is 42.5 Å². The van der Waals surface area contributed by atoms with Crippen molar-refractivity contribution in [2.45, 2.75) is 12.8 Å². The van der Waals surface area contributed by atoms with Gasteiger partial charge in [-0.05, 0) is 29.8 Å². The van der Waals surface area contributed by atoms with E-state index >= 15 is 0 Å². The topological polar surface area (TPSA) is 78.3 Å². The molecule has 0 radical (unpaired) electrons. The number of ether oxygens (including phenoxy) is 2. The first-order valence-corrected chi connectivity index (χ1v) is 10.4. The lowest BCUT2D eigenvalue weighted by molar-refractivity contribution is -0.0441. The fourth-order valence-electron chi connectivity index (χ4n) is 3.59. The highest BCUT2D eigenvalue weighted by atomic mass is 16.7. The Labute approximate surface area is 185 Å². The van der Waals surface area contributed by atoms with Crippen molar-refractivity contribution >= 4 is 5.91 Å². The fraction of sp³-hybridized carbons (Fsp3) is 0.160. The Balaban J connectivity index is 1.36. The average Bonchev–Trinajstić information content (AvgIpc) is 3.55. The molecule has 32 heavy (non-hydrogen) atoms. The first kappa shape index (κ1) is 20.1. The second kappa shape index (κ2) is 9.13. The molecule has 4 aromatic rings. The molecule has 1 aliphatic heterocycles. The van der Waals surface area contributed by atoms with Gasteiger partial charge in [0.15, 0.2) is 6.29 Å². The summed E-state index contributed by atoms with van der Waals surface area (Å²) in [6.45, 7) is 1.62. The molecule has 5 rings (SSSR count). The predicted molar refractivity (Wildman–Crippen MR) is 119 cm³/mol. The number of amides is 1. The Morgan fingerprint density at radius 2 is 1.78 bits per heavy atom. The zero-order valence-electron chi connectivity index (χ0n) is 17.3. The number of para-hydroxylation sites is 1. The first-order valence-electron chi connectivity index (χ1n) is 10.4. The number of carbonyl (C=O) groups excluding carboxylic acids is 1. The van der Waals surface area contributed by atoms with Gasteiger partial charge in [-0.25, -0.2) is 4.68 Å². The van der Waals surface area contributed by atoms with Crippen molar-refractivity contribution in [3.63, 3.8) is 0 Å². The molecule has 0 saturated carbocycles. The van der Waals surface area contributed by atoms with E-state index in [9.17, 15) is 4.79 Å². The summed E-state index contributed by atoms with van der Waals surface area (Å²) in [6.07, 6.45) is 4.86. The van der Waals surface area contributed by atoms with Gasteiger partial charge in [0.25, 0.3) is 5.91 Å². The van der Waals surface area contributed by atoms with Crippen LogP contribution in [-0.4, -0.2) is 33.9 Å². The number of nitrogens with zero attached hydrogens (tertiary/aromatic N) is 3. The molecule has 7 heteroatoms. The Morgan fingerprint density at radius 3 is 2.50 bits per heavy atom. The van der Waals surface area contributed by atoms with Crippen molar-refractivity contribution in [2.24, 2.45) is 0 Å². The molecular formula is C25H22N4O3. The minimum atomic E-state index is -0.301. The SMILES string of the molecule is O=C(NCc1ccc(C2OCCO2)cc1)c1cn(-c2ccccc2)nc1-c1cccnc1. The van der Waals surface area contributed by atoms with Gasteiger partial charge in [-0.2, -0.15) is 5.10 Å². The summed E-state index contributed by atoms with van der Waals surface area (Å²) in [7, 11) is 0. The summed E-state index contributed by atoms with van der Waals surface area (Å²) in [6, 6.07) is 21.3. The Hall–Kier alpha value is -3.81. The zero-order valence-corrected chi connectivity index (χ0v) is 17.3. The molecule has 0 atom stereocenters. The van der Waals surface area contributed by atoms with E-state index in [2.05, 4.69) is 15.4 Å². The van der Waals surface area contributed by atoms with Crippen molar-refractivity contribution < 1.29 is 14.3 Å². The Bertz CT molecular complexity index is 1190. The summed E-state index contributed by atoms with van der Waals surface area (Å²) in [5.74, 6) is -0.197. The van der Waals surface area contributed by atoms with Gasteiger partial charge in [0, 0.05) is 36.3 Å². The van der Waals surface area contributed by atoms with Crippen molar-refractivity contribution in [3.8, 4) is 16.9 Å². The van der Waals surface area contributed by atoms with E-state index in [0.717, 1.165) is 22.4 Å². The summed E-state index contributed by atoms with van der Waals surface area (Å²) < 4.78 is 12.8. The molecule has 1 N–H and O–H groups in total. The standard InChI is InChI=1S/C25H22N4O3/c30-24(27-15-18-8-10-19(11-9-18)25-31-13-14-32-25)22-17-29(21-6-2-1-3-7-21)28-23(22)20-5-4-12-26-16-20/h1-12,16-17,25H,13-15H2,(H,27,30). The largest absolute Gasteiger partial charge is 0.348 e. The third kappa shape index (κ3) is 4.30. The molecular weight excluding hydrogens is 404 g/mol. The summed E-state index contributed by atoms with van der Waals surface area (Å²) >= 11 is 0. The van der Waals surface area contributed by atoms with E-state index in [0.29, 0.717) is 31.0 Å².